The van der Waals surface area contributed by atoms with Gasteiger partial charge in [-0.25, -0.2) is 0 Å². The van der Waals surface area contributed by atoms with Crippen LogP contribution in [0.1, 0.15) is 36.0 Å². The summed E-state index contributed by atoms with van der Waals surface area (Å²) in [5.74, 6) is 1.84. The van der Waals surface area contributed by atoms with Gasteiger partial charge < -0.3 is 9.47 Å². The molecule has 2 aromatic carbocycles. The van der Waals surface area contributed by atoms with Gasteiger partial charge in [0.15, 0.2) is 16.7 Å². The fourth-order valence-electron chi connectivity index (χ4n) is 3.20. The van der Waals surface area contributed by atoms with Gasteiger partial charge in [-0.1, -0.05) is 29.5 Å². The molecule has 0 bridgehead atoms. The van der Waals surface area contributed by atoms with Crippen molar-refractivity contribution >= 4 is 27.7 Å². The van der Waals surface area contributed by atoms with E-state index >= 15 is 0 Å². The summed E-state index contributed by atoms with van der Waals surface area (Å²) in [4.78, 5) is 11.2. The van der Waals surface area contributed by atoms with Gasteiger partial charge in [0.25, 0.3) is 0 Å². The summed E-state index contributed by atoms with van der Waals surface area (Å²) in [6, 6.07) is 11.6. The normalized spacial score (nSPS) is 11.9. The summed E-state index contributed by atoms with van der Waals surface area (Å²) in [5, 5.41) is 20.1. The Kier molecular flexibility index (Phi) is 8.14. The first-order valence-corrected chi connectivity index (χ1v) is 11.9. The number of nitrogens with zero attached hydrogens (tertiary/aromatic N) is 4. The van der Waals surface area contributed by atoms with Gasteiger partial charge in [-0.05, 0) is 73.5 Å². The molecule has 0 saturated heterocycles. The largest absolute Gasteiger partial charge is 0.490 e. The third kappa shape index (κ3) is 5.60. The van der Waals surface area contributed by atoms with Gasteiger partial charge >= 0.3 is 0 Å². The minimum absolute atomic E-state index is 0.281. The van der Waals surface area contributed by atoms with Crippen molar-refractivity contribution in [3.05, 3.63) is 67.9 Å². The summed E-state index contributed by atoms with van der Waals surface area (Å²) < 4.78 is 14.1. The number of nitro groups is 1. The van der Waals surface area contributed by atoms with E-state index < -0.39 is 5.25 Å². The summed E-state index contributed by atoms with van der Waals surface area (Å²) in [6.45, 7) is 8.30. The van der Waals surface area contributed by atoms with Crippen LogP contribution in [0.3, 0.4) is 0 Å². The number of aromatic nitrogens is 3. The number of ether oxygens (including phenoxy) is 2. The van der Waals surface area contributed by atoms with E-state index in [1.54, 1.807) is 6.07 Å². The zero-order chi connectivity index (χ0) is 23.3. The van der Waals surface area contributed by atoms with Gasteiger partial charge in [0.05, 0.1) is 17.7 Å². The Labute approximate surface area is 199 Å². The quantitative estimate of drug-likeness (QED) is 0.196. The van der Waals surface area contributed by atoms with E-state index in [-0.39, 0.29) is 11.5 Å². The summed E-state index contributed by atoms with van der Waals surface area (Å²) in [5.41, 5.74) is 2.78. The fourth-order valence-corrected chi connectivity index (χ4v) is 4.93. The molecule has 0 fully saturated rings. The summed E-state index contributed by atoms with van der Waals surface area (Å²) in [6.07, 6.45) is 0. The van der Waals surface area contributed by atoms with Crippen molar-refractivity contribution in [2.75, 3.05) is 19.8 Å². The maximum Gasteiger partial charge on any atom is 0.220 e. The van der Waals surface area contributed by atoms with E-state index in [9.17, 15) is 10.1 Å². The number of hydrogen-bond donors (Lipinski definition) is 0. The van der Waals surface area contributed by atoms with Gasteiger partial charge in [0.1, 0.15) is 11.1 Å². The van der Waals surface area contributed by atoms with E-state index in [0.717, 1.165) is 16.8 Å². The van der Waals surface area contributed by atoms with Crippen LogP contribution in [0.25, 0.3) is 5.69 Å². The van der Waals surface area contributed by atoms with E-state index in [4.69, 9.17) is 9.47 Å². The van der Waals surface area contributed by atoms with Crippen molar-refractivity contribution in [1.29, 1.82) is 0 Å². The highest BCUT2D eigenvalue weighted by Gasteiger charge is 2.26. The number of rotatable bonds is 10. The monoisotopic (exact) mass is 520 g/mol. The van der Waals surface area contributed by atoms with Crippen LogP contribution < -0.4 is 9.47 Å². The molecule has 0 radical (unpaired) electrons. The third-order valence-corrected chi connectivity index (χ3v) is 6.41. The maximum atomic E-state index is 11.5. The van der Waals surface area contributed by atoms with Crippen molar-refractivity contribution in [2.45, 2.75) is 38.1 Å². The first kappa shape index (κ1) is 24.1. The summed E-state index contributed by atoms with van der Waals surface area (Å²) >= 11 is 4.84. The first-order chi connectivity index (χ1) is 15.3. The van der Waals surface area contributed by atoms with Crippen molar-refractivity contribution < 1.29 is 14.4 Å². The topological polar surface area (TPSA) is 92.3 Å². The van der Waals surface area contributed by atoms with Crippen LogP contribution >= 0.6 is 27.7 Å². The van der Waals surface area contributed by atoms with Crippen LogP contribution in [0.5, 0.6) is 11.5 Å². The molecular formula is C22H25BrN4O4S. The van der Waals surface area contributed by atoms with E-state index in [1.807, 2.05) is 62.6 Å². The molecule has 0 saturated carbocycles. The fraction of sp³-hybridized carbons (Fsp3) is 0.364. The highest BCUT2D eigenvalue weighted by molar-refractivity contribution is 9.10. The van der Waals surface area contributed by atoms with Gasteiger partial charge in [-0.3, -0.25) is 14.7 Å². The Hall–Kier alpha value is -2.59. The molecule has 32 heavy (non-hydrogen) atoms. The van der Waals surface area contributed by atoms with Crippen molar-refractivity contribution in [3.8, 4) is 17.2 Å². The molecule has 10 heteroatoms. The third-order valence-electron chi connectivity index (χ3n) is 4.64. The average molecular weight is 521 g/mol. The van der Waals surface area contributed by atoms with Crippen molar-refractivity contribution in [1.82, 2.24) is 14.8 Å². The lowest BCUT2D eigenvalue weighted by molar-refractivity contribution is -0.479. The Bertz CT molecular complexity index is 1090. The van der Waals surface area contributed by atoms with Crippen LogP contribution in [-0.2, 0) is 0 Å². The Morgan fingerprint density at radius 1 is 1.12 bits per heavy atom. The van der Waals surface area contributed by atoms with Gasteiger partial charge in [-0.2, -0.15) is 0 Å². The first-order valence-electron chi connectivity index (χ1n) is 10.2. The minimum Gasteiger partial charge on any atom is -0.490 e. The van der Waals surface area contributed by atoms with E-state index in [2.05, 4.69) is 26.1 Å². The second-order valence-corrected chi connectivity index (χ2v) is 9.04. The lowest BCUT2D eigenvalue weighted by atomic mass is 10.1. The van der Waals surface area contributed by atoms with Crippen LogP contribution in [0.15, 0.2) is 46.0 Å². The average Bonchev–Trinajstić information content (AvgIpc) is 3.10. The molecule has 0 aliphatic carbocycles. The maximum absolute atomic E-state index is 11.5. The molecule has 3 rings (SSSR count). The number of aryl methyl sites for hydroxylation is 2. The molecule has 0 N–H and O–H groups in total. The highest BCUT2D eigenvalue weighted by Crippen LogP contribution is 2.43. The van der Waals surface area contributed by atoms with Crippen LogP contribution in [0, 0.1) is 24.0 Å². The zero-order valence-corrected chi connectivity index (χ0v) is 20.8. The molecule has 170 valence electrons. The molecule has 8 nitrogen and oxygen atoms in total. The lowest BCUT2D eigenvalue weighted by Crippen LogP contribution is -2.12. The van der Waals surface area contributed by atoms with Gasteiger partial charge in [-0.15, -0.1) is 10.2 Å². The second kappa shape index (κ2) is 10.8. The smallest absolute Gasteiger partial charge is 0.220 e. The van der Waals surface area contributed by atoms with E-state index in [1.165, 1.54) is 11.8 Å². The molecule has 0 aliphatic rings. The highest BCUT2D eigenvalue weighted by atomic mass is 79.9. The molecule has 3 aromatic rings. The predicted octanol–water partition coefficient (Wildman–Crippen LogP) is 5.55. The SMILES string of the molecule is CCOc1cc([C@H](C[N+](=O)[O-])Sc2nnc(C)n2-c2ccc(C)cc2)cc(Br)c1OCC. The molecule has 0 aliphatic heterocycles. The molecule has 0 amide bonds. The Morgan fingerprint density at radius 2 is 1.81 bits per heavy atom. The van der Waals surface area contributed by atoms with Crippen LogP contribution in [-0.4, -0.2) is 39.4 Å². The van der Waals surface area contributed by atoms with Crippen molar-refractivity contribution in [3.63, 3.8) is 0 Å². The lowest BCUT2D eigenvalue weighted by Gasteiger charge is -2.18. The van der Waals surface area contributed by atoms with Gasteiger partial charge in [0.2, 0.25) is 6.54 Å². The number of halogens is 1. The predicted molar refractivity (Wildman–Crippen MR) is 128 cm³/mol. The molecular weight excluding hydrogens is 496 g/mol. The Balaban J connectivity index is 2.02. The number of benzene rings is 2. The van der Waals surface area contributed by atoms with Crippen LogP contribution in [0.2, 0.25) is 0 Å². The van der Waals surface area contributed by atoms with Gasteiger partial charge in [0, 0.05) is 10.6 Å². The molecule has 0 unspecified atom stereocenters. The number of hydrogen-bond acceptors (Lipinski definition) is 7. The molecule has 1 atom stereocenters. The van der Waals surface area contributed by atoms with Crippen molar-refractivity contribution in [2.24, 2.45) is 0 Å². The standard InChI is InChI=1S/C22H25BrN4O4S/c1-5-30-19-12-16(11-18(23)21(19)31-6-2)20(13-26(28)29)32-22-25-24-15(4)27(22)17-9-7-14(3)8-10-17/h7-12,20H,5-6,13H2,1-4H3/t20-/m0/s1. The summed E-state index contributed by atoms with van der Waals surface area (Å²) in [7, 11) is 0. The number of thioether (sulfide) groups is 1. The molecule has 1 heterocycles. The minimum atomic E-state index is -0.510. The molecule has 0 spiro atoms. The Morgan fingerprint density at radius 3 is 2.44 bits per heavy atom. The molecule has 1 aromatic heterocycles. The van der Waals surface area contributed by atoms with E-state index in [0.29, 0.717) is 40.2 Å². The van der Waals surface area contributed by atoms with Crippen LogP contribution in [0.4, 0.5) is 0 Å². The zero-order valence-electron chi connectivity index (χ0n) is 18.4. The second-order valence-electron chi connectivity index (χ2n) is 7.02.